The van der Waals surface area contributed by atoms with Crippen molar-refractivity contribution in [2.45, 2.75) is 174 Å². The Labute approximate surface area is 413 Å². The standard InChI is InChI=1S/C65H73BN2O/c1-59(2,3)40-21-24-43(25-22-40)67-52-36-47-46(62(10,11)27-28-63(47,12)13)35-50(52)66-56-53(67)32-42(61(7,8)9)33-54(56)68(51-26-23-41(60(4,5)6)31-44(51)39-19-17-16-18-20-39)57-45-34-48-49(37-55(45)69-58(57)66)65(15)30-29-64(48,14)38-65/h16-26,31-37H,27-30,38H2,1-15H3. The van der Waals surface area contributed by atoms with Gasteiger partial charge in [0.05, 0.1) is 17.0 Å². The molecule has 2 aliphatic heterocycles. The first-order valence-corrected chi connectivity index (χ1v) is 26.2. The van der Waals surface area contributed by atoms with E-state index in [0.29, 0.717) is 0 Å². The van der Waals surface area contributed by atoms with E-state index in [9.17, 15) is 0 Å². The predicted molar refractivity (Wildman–Crippen MR) is 296 cm³/mol. The lowest BCUT2D eigenvalue weighted by Gasteiger charge is -2.47. The van der Waals surface area contributed by atoms with Crippen molar-refractivity contribution in [1.29, 1.82) is 0 Å². The molecular weight excluding hydrogens is 836 g/mol. The number of anilines is 6. The van der Waals surface area contributed by atoms with Gasteiger partial charge in [0.25, 0.3) is 6.71 Å². The van der Waals surface area contributed by atoms with E-state index in [1.807, 2.05) is 0 Å². The van der Waals surface area contributed by atoms with Crippen LogP contribution in [0.3, 0.4) is 0 Å². The van der Waals surface area contributed by atoms with Gasteiger partial charge >= 0.3 is 0 Å². The zero-order valence-electron chi connectivity index (χ0n) is 44.3. The molecule has 2 atom stereocenters. The first kappa shape index (κ1) is 44.7. The van der Waals surface area contributed by atoms with Gasteiger partial charge in [0, 0.05) is 33.7 Å². The summed E-state index contributed by atoms with van der Waals surface area (Å²) in [6.45, 7) is 35.9. The van der Waals surface area contributed by atoms with E-state index in [1.165, 1.54) is 120 Å². The third-order valence-electron chi connectivity index (χ3n) is 18.1. The summed E-state index contributed by atoms with van der Waals surface area (Å²) in [5, 5.41) is 1.23. The molecule has 1 saturated carbocycles. The van der Waals surface area contributed by atoms with Gasteiger partial charge in [-0.15, -0.1) is 0 Å². The van der Waals surface area contributed by atoms with Gasteiger partial charge in [-0.1, -0.05) is 158 Å². The number of rotatable bonds is 3. The van der Waals surface area contributed by atoms with Crippen molar-refractivity contribution in [1.82, 2.24) is 0 Å². The van der Waals surface area contributed by atoms with E-state index in [2.05, 4.69) is 223 Å². The molecule has 0 saturated heterocycles. The Bertz CT molecular complexity index is 3290. The highest BCUT2D eigenvalue weighted by atomic mass is 16.3. The van der Waals surface area contributed by atoms with Crippen molar-refractivity contribution < 1.29 is 4.42 Å². The van der Waals surface area contributed by atoms with Crippen molar-refractivity contribution in [3.8, 4) is 11.1 Å². The maximum Gasteiger partial charge on any atom is 0.297 e. The third kappa shape index (κ3) is 6.51. The van der Waals surface area contributed by atoms with Crippen molar-refractivity contribution in [2.24, 2.45) is 0 Å². The summed E-state index contributed by atoms with van der Waals surface area (Å²) in [5.41, 5.74) is 24.8. The van der Waals surface area contributed by atoms with Crippen LogP contribution in [0.15, 0.2) is 114 Å². The fourth-order valence-electron chi connectivity index (χ4n) is 13.8. The predicted octanol–water partition coefficient (Wildman–Crippen LogP) is 16.1. The van der Waals surface area contributed by atoms with Crippen molar-refractivity contribution in [2.75, 3.05) is 9.80 Å². The van der Waals surface area contributed by atoms with Gasteiger partial charge in [-0.2, -0.15) is 0 Å². The number of benzene rings is 6. The van der Waals surface area contributed by atoms with E-state index in [0.717, 1.165) is 24.1 Å². The molecule has 1 fully saturated rings. The van der Waals surface area contributed by atoms with Gasteiger partial charge in [-0.25, -0.2) is 0 Å². The minimum Gasteiger partial charge on any atom is -0.468 e. The second-order valence-corrected chi connectivity index (χ2v) is 27.2. The van der Waals surface area contributed by atoms with Crippen molar-refractivity contribution in [3.63, 3.8) is 0 Å². The van der Waals surface area contributed by atoms with Gasteiger partial charge in [-0.05, 0) is 180 Å². The molecule has 1 aromatic heterocycles. The summed E-state index contributed by atoms with van der Waals surface area (Å²) in [6.07, 6.45) is 6.00. The fraction of sp³-hybridized carbons (Fsp3) is 0.415. The molecular formula is C65H73BN2O. The molecule has 352 valence electrons. The van der Waals surface area contributed by atoms with Crippen LogP contribution in [0.5, 0.6) is 0 Å². The molecule has 3 nitrogen and oxygen atoms in total. The molecule has 5 aliphatic rings. The fourth-order valence-corrected chi connectivity index (χ4v) is 13.8. The van der Waals surface area contributed by atoms with E-state index < -0.39 is 0 Å². The number of hydrogen-bond acceptors (Lipinski definition) is 3. The van der Waals surface area contributed by atoms with Crippen LogP contribution < -0.4 is 26.4 Å². The first-order valence-electron chi connectivity index (χ1n) is 26.2. The van der Waals surface area contributed by atoms with Gasteiger partial charge in [-0.3, -0.25) is 0 Å². The average Bonchev–Trinajstić information content (AvgIpc) is 3.90. The van der Waals surface area contributed by atoms with Crippen LogP contribution in [0.1, 0.15) is 175 Å². The highest BCUT2D eigenvalue weighted by Gasteiger charge is 2.55. The van der Waals surface area contributed by atoms with Crippen LogP contribution in [-0.2, 0) is 37.9 Å². The lowest BCUT2D eigenvalue weighted by molar-refractivity contribution is 0.332. The van der Waals surface area contributed by atoms with E-state index >= 15 is 0 Å². The third-order valence-corrected chi connectivity index (χ3v) is 18.1. The quantitative estimate of drug-likeness (QED) is 0.165. The van der Waals surface area contributed by atoms with Crippen LogP contribution in [-0.4, -0.2) is 6.71 Å². The van der Waals surface area contributed by atoms with Crippen LogP contribution in [0.4, 0.5) is 34.1 Å². The summed E-state index contributed by atoms with van der Waals surface area (Å²) >= 11 is 0. The van der Waals surface area contributed by atoms with Crippen molar-refractivity contribution in [3.05, 3.63) is 148 Å². The maximum absolute atomic E-state index is 7.75. The molecule has 6 aromatic carbocycles. The zero-order valence-corrected chi connectivity index (χ0v) is 44.3. The highest BCUT2D eigenvalue weighted by molar-refractivity contribution is 7.00. The van der Waals surface area contributed by atoms with Crippen LogP contribution >= 0.6 is 0 Å². The number of nitrogens with zero attached hydrogens (tertiary/aromatic N) is 2. The van der Waals surface area contributed by atoms with E-state index in [4.69, 9.17) is 4.42 Å². The molecule has 7 aromatic rings. The Kier molecular flexibility index (Phi) is 9.14. The summed E-state index contributed by atoms with van der Waals surface area (Å²) in [6, 6.07) is 43.4. The normalized spacial score (nSPS) is 21.8. The molecule has 12 rings (SSSR count). The lowest BCUT2D eigenvalue weighted by Crippen LogP contribution is -2.61. The molecule has 0 amide bonds. The van der Waals surface area contributed by atoms with E-state index in [-0.39, 0.29) is 44.6 Å². The molecule has 4 heteroatoms. The molecule has 3 heterocycles. The Morgan fingerprint density at radius 1 is 0.493 bits per heavy atom. The minimum absolute atomic E-state index is 0.0278. The van der Waals surface area contributed by atoms with E-state index in [1.54, 1.807) is 0 Å². The second kappa shape index (κ2) is 14.1. The van der Waals surface area contributed by atoms with Gasteiger partial charge in [0.2, 0.25) is 0 Å². The largest absolute Gasteiger partial charge is 0.468 e. The summed E-state index contributed by atoms with van der Waals surface area (Å²) < 4.78 is 7.75. The number of furan rings is 1. The van der Waals surface area contributed by atoms with Crippen LogP contribution in [0.25, 0.3) is 22.1 Å². The molecule has 0 radical (unpaired) electrons. The molecule has 3 aliphatic carbocycles. The number of fused-ring (bicyclic) bond motifs is 12. The zero-order chi connectivity index (χ0) is 48.7. The summed E-state index contributed by atoms with van der Waals surface area (Å²) in [7, 11) is 0. The maximum atomic E-state index is 7.75. The topological polar surface area (TPSA) is 19.6 Å². The molecule has 2 bridgehead atoms. The monoisotopic (exact) mass is 909 g/mol. The molecule has 0 spiro atoms. The highest BCUT2D eigenvalue weighted by Crippen LogP contribution is 2.62. The second-order valence-electron chi connectivity index (χ2n) is 27.2. The van der Waals surface area contributed by atoms with Gasteiger partial charge < -0.3 is 14.2 Å². The summed E-state index contributed by atoms with van der Waals surface area (Å²) in [5.74, 6) is 0. The molecule has 2 unspecified atom stereocenters. The number of hydrogen-bond donors (Lipinski definition) is 0. The Morgan fingerprint density at radius 3 is 1.67 bits per heavy atom. The Balaban J connectivity index is 1.25. The first-order chi connectivity index (χ1) is 32.3. The molecule has 69 heavy (non-hydrogen) atoms. The Morgan fingerprint density at radius 2 is 1.06 bits per heavy atom. The average molecular weight is 909 g/mol. The van der Waals surface area contributed by atoms with Crippen LogP contribution in [0, 0.1) is 0 Å². The lowest BCUT2D eigenvalue weighted by atomic mass is 9.35. The Hall–Kier alpha value is -5.48. The van der Waals surface area contributed by atoms with Gasteiger partial charge in [0.1, 0.15) is 5.58 Å². The van der Waals surface area contributed by atoms with Gasteiger partial charge in [0.15, 0.2) is 0 Å². The molecule has 0 N–H and O–H groups in total. The smallest absolute Gasteiger partial charge is 0.297 e. The van der Waals surface area contributed by atoms with Crippen LogP contribution in [0.2, 0.25) is 0 Å². The summed E-state index contributed by atoms with van der Waals surface area (Å²) in [4.78, 5) is 5.31. The minimum atomic E-state index is -0.141. The van der Waals surface area contributed by atoms with Crippen molar-refractivity contribution >= 4 is 68.4 Å². The SMILES string of the molecule is CC(C)(C)c1ccc(N2c3cc4c(cc3B3c5oc6cc7c(cc6c5N(c5ccc(C(C)(C)C)cc5-c5ccccc5)c5cc(C(C)(C)C)cc2c53)C2(C)CCC7(C)C2)C(C)(C)CCC4(C)C)cc1.